The van der Waals surface area contributed by atoms with E-state index in [9.17, 15) is 29.8 Å². The molecule has 2 heterocycles. The van der Waals surface area contributed by atoms with Crippen molar-refractivity contribution in [3.8, 4) is 5.75 Å². The van der Waals surface area contributed by atoms with Crippen molar-refractivity contribution in [1.29, 1.82) is 0 Å². The van der Waals surface area contributed by atoms with Gasteiger partial charge in [-0.05, 0) is 24.0 Å². The first kappa shape index (κ1) is 25.0. The second kappa shape index (κ2) is 11.0. The summed E-state index contributed by atoms with van der Waals surface area (Å²) in [6, 6.07) is 5.24. The number of nitrogens with one attached hydrogen (secondary N) is 2. The quantitative estimate of drug-likeness (QED) is 0.212. The first-order valence-electron chi connectivity index (χ1n) is 9.77. The molecule has 35 heavy (non-hydrogen) atoms. The van der Waals surface area contributed by atoms with E-state index in [1.165, 1.54) is 35.9 Å². The van der Waals surface area contributed by atoms with E-state index in [4.69, 9.17) is 20.9 Å². The molecule has 0 unspecified atom stereocenters. The maximum absolute atomic E-state index is 12.1. The van der Waals surface area contributed by atoms with Crippen LogP contribution in [-0.4, -0.2) is 61.3 Å². The monoisotopic (exact) mass is 508 g/mol. The number of carbonyl (C=O) groups is 2. The summed E-state index contributed by atoms with van der Waals surface area (Å²) in [5, 5.41) is 33.8. The number of carbonyl (C=O) groups excluding carboxylic acids is 2. The van der Waals surface area contributed by atoms with Gasteiger partial charge in [-0.3, -0.25) is 19.7 Å². The van der Waals surface area contributed by atoms with Crippen molar-refractivity contribution in [2.45, 2.75) is 13.5 Å². The Hall–Kier alpha value is -4.60. The normalized spacial score (nSPS) is 10.6. The molecule has 0 aliphatic rings. The van der Waals surface area contributed by atoms with Gasteiger partial charge in [0.2, 0.25) is 0 Å². The van der Waals surface area contributed by atoms with Crippen LogP contribution in [0.3, 0.4) is 0 Å². The highest BCUT2D eigenvalue weighted by atomic mass is 35.5. The van der Waals surface area contributed by atoms with Crippen molar-refractivity contribution in [1.82, 2.24) is 30.6 Å². The maximum atomic E-state index is 12.1. The van der Waals surface area contributed by atoms with E-state index in [1.54, 1.807) is 0 Å². The Labute approximate surface area is 200 Å². The van der Waals surface area contributed by atoms with Gasteiger partial charge in [-0.1, -0.05) is 16.8 Å². The van der Waals surface area contributed by atoms with Gasteiger partial charge in [0.1, 0.15) is 12.3 Å². The van der Waals surface area contributed by atoms with E-state index < -0.39 is 27.5 Å². The number of non-ortho nitro benzene ring substituents is 1. The lowest BCUT2D eigenvalue weighted by Crippen LogP contribution is -2.36. The van der Waals surface area contributed by atoms with Crippen LogP contribution in [0, 0.1) is 27.2 Å². The van der Waals surface area contributed by atoms with Crippen LogP contribution in [-0.2, 0) is 11.3 Å². The highest BCUT2D eigenvalue weighted by molar-refractivity contribution is 6.33. The van der Waals surface area contributed by atoms with Gasteiger partial charge < -0.3 is 30.0 Å². The maximum Gasteiger partial charge on any atom is 0.408 e. The predicted molar refractivity (Wildman–Crippen MR) is 116 cm³/mol. The second-order valence-electron chi connectivity index (χ2n) is 6.80. The molecule has 0 aliphatic heterocycles. The van der Waals surface area contributed by atoms with Crippen LogP contribution in [0.1, 0.15) is 22.2 Å². The Morgan fingerprint density at radius 3 is 2.46 bits per heavy atom. The van der Waals surface area contributed by atoms with Crippen LogP contribution in [0.25, 0.3) is 0 Å². The Morgan fingerprint density at radius 2 is 1.83 bits per heavy atom. The minimum atomic E-state index is -0.721. The summed E-state index contributed by atoms with van der Waals surface area (Å²) in [4.78, 5) is 48.1. The molecular weight excluding hydrogens is 492 g/mol. The Morgan fingerprint density at radius 1 is 1.14 bits per heavy atom. The molecule has 0 bridgehead atoms. The number of halogens is 1. The van der Waals surface area contributed by atoms with Crippen molar-refractivity contribution in [3.63, 3.8) is 0 Å². The third-order valence-corrected chi connectivity index (χ3v) is 4.84. The molecule has 2 aromatic heterocycles. The third-order valence-electron chi connectivity index (χ3n) is 4.39. The SMILES string of the molecule is Cc1c(Cl)c([N+](=O)[O-])nn1Cc1noc(C(=O)NCCNC(=O)COc2ccc([N+](=O)[O-])cc2)n1. The standard InChI is InChI=1S/C18H17ClN8O8/c1-10-15(19)16(27(32)33)23-25(10)8-13-22-18(35-24-13)17(29)21-7-6-20-14(28)9-34-12-4-2-11(3-5-12)26(30)31/h2-5H,6-9H2,1H3,(H,20,28)(H,21,29). The Bertz CT molecular complexity index is 1260. The van der Waals surface area contributed by atoms with Gasteiger partial charge in [-0.15, -0.1) is 0 Å². The number of amides is 2. The summed E-state index contributed by atoms with van der Waals surface area (Å²) in [7, 11) is 0. The van der Waals surface area contributed by atoms with Gasteiger partial charge in [0.25, 0.3) is 11.6 Å². The van der Waals surface area contributed by atoms with Crippen molar-refractivity contribution in [3.05, 3.63) is 66.9 Å². The van der Waals surface area contributed by atoms with Crippen LogP contribution in [0.15, 0.2) is 28.8 Å². The zero-order chi connectivity index (χ0) is 25.5. The van der Waals surface area contributed by atoms with Gasteiger partial charge >= 0.3 is 17.6 Å². The van der Waals surface area contributed by atoms with E-state index in [1.807, 2.05) is 0 Å². The van der Waals surface area contributed by atoms with Gasteiger partial charge in [0.05, 0.1) is 15.7 Å². The number of nitro benzene ring substituents is 1. The Kier molecular flexibility index (Phi) is 7.88. The molecule has 2 N–H and O–H groups in total. The molecule has 0 aliphatic carbocycles. The summed E-state index contributed by atoms with van der Waals surface area (Å²) in [5.74, 6) is -1.69. The van der Waals surface area contributed by atoms with Gasteiger partial charge in [-0.25, -0.2) is 0 Å². The van der Waals surface area contributed by atoms with E-state index in [0.717, 1.165) is 0 Å². The molecule has 0 fully saturated rings. The van der Waals surface area contributed by atoms with E-state index in [2.05, 4.69) is 25.9 Å². The van der Waals surface area contributed by atoms with Gasteiger partial charge in [-0.2, -0.15) is 9.67 Å². The summed E-state index contributed by atoms with van der Waals surface area (Å²) in [5.41, 5.74) is 0.221. The Balaban J connectivity index is 1.40. The fourth-order valence-electron chi connectivity index (χ4n) is 2.64. The molecule has 2 amide bonds. The smallest absolute Gasteiger partial charge is 0.408 e. The van der Waals surface area contributed by atoms with E-state index in [0.29, 0.717) is 5.69 Å². The predicted octanol–water partition coefficient (Wildman–Crippen LogP) is 1.02. The topological polar surface area (TPSA) is 210 Å². The molecule has 17 heteroatoms. The van der Waals surface area contributed by atoms with Gasteiger partial charge in [0.15, 0.2) is 17.5 Å². The minimum absolute atomic E-state index is 0.0416. The van der Waals surface area contributed by atoms with Crippen LogP contribution in [0.4, 0.5) is 11.5 Å². The molecule has 184 valence electrons. The fourth-order valence-corrected chi connectivity index (χ4v) is 2.85. The van der Waals surface area contributed by atoms with Crippen LogP contribution in [0.2, 0.25) is 5.02 Å². The van der Waals surface area contributed by atoms with Crippen LogP contribution >= 0.6 is 11.6 Å². The highest BCUT2D eigenvalue weighted by Crippen LogP contribution is 2.26. The molecule has 3 aromatic rings. The molecule has 0 saturated carbocycles. The minimum Gasteiger partial charge on any atom is -0.484 e. The zero-order valence-corrected chi connectivity index (χ0v) is 18.7. The summed E-state index contributed by atoms with van der Waals surface area (Å²) < 4.78 is 11.3. The van der Waals surface area contributed by atoms with Crippen molar-refractivity contribution < 1.29 is 28.7 Å². The number of aromatic nitrogens is 4. The van der Waals surface area contributed by atoms with Gasteiger partial charge in [0, 0.05) is 25.2 Å². The van der Waals surface area contributed by atoms with E-state index in [-0.39, 0.29) is 54.4 Å². The average molecular weight is 509 g/mol. The molecule has 1 aromatic carbocycles. The molecule has 0 spiro atoms. The van der Waals surface area contributed by atoms with Crippen molar-refractivity contribution in [2.75, 3.05) is 19.7 Å². The number of rotatable bonds is 11. The third kappa shape index (κ3) is 6.47. The first-order valence-corrected chi connectivity index (χ1v) is 10.2. The van der Waals surface area contributed by atoms with Crippen LogP contribution < -0.4 is 15.4 Å². The summed E-state index contributed by atoms with van der Waals surface area (Å²) >= 11 is 5.88. The molecule has 0 atom stereocenters. The lowest BCUT2D eigenvalue weighted by molar-refractivity contribution is -0.389. The summed E-state index contributed by atoms with van der Waals surface area (Å²) in [6.45, 7) is 1.21. The number of ether oxygens (including phenoxy) is 1. The number of hydrogen-bond donors (Lipinski definition) is 2. The molecule has 0 radical (unpaired) electrons. The number of hydrogen-bond acceptors (Lipinski definition) is 11. The largest absolute Gasteiger partial charge is 0.484 e. The second-order valence-corrected chi connectivity index (χ2v) is 7.18. The number of benzene rings is 1. The molecule has 0 saturated heterocycles. The number of nitro groups is 2. The molecular formula is C18H17ClN8O8. The van der Waals surface area contributed by atoms with E-state index >= 15 is 0 Å². The highest BCUT2D eigenvalue weighted by Gasteiger charge is 2.25. The summed E-state index contributed by atoms with van der Waals surface area (Å²) in [6.07, 6.45) is 0. The lowest BCUT2D eigenvalue weighted by Gasteiger charge is -2.07. The van der Waals surface area contributed by atoms with Crippen molar-refractivity contribution in [2.24, 2.45) is 0 Å². The molecule has 3 rings (SSSR count). The zero-order valence-electron chi connectivity index (χ0n) is 18.0. The van der Waals surface area contributed by atoms with Crippen molar-refractivity contribution >= 4 is 34.9 Å². The number of nitrogens with zero attached hydrogens (tertiary/aromatic N) is 6. The first-order chi connectivity index (χ1) is 16.7. The molecule has 16 nitrogen and oxygen atoms in total. The van der Waals surface area contributed by atoms with Crippen LogP contribution in [0.5, 0.6) is 5.75 Å². The average Bonchev–Trinajstić information content (AvgIpc) is 3.41. The fraction of sp³-hybridized carbons (Fsp3) is 0.278. The lowest BCUT2D eigenvalue weighted by atomic mass is 10.3.